The lowest BCUT2D eigenvalue weighted by molar-refractivity contribution is -0.279. The third kappa shape index (κ3) is 4.44. The van der Waals surface area contributed by atoms with Gasteiger partial charge in [0.05, 0.1) is 24.5 Å². The Labute approximate surface area is 206 Å². The minimum atomic E-state index is -1.30. The largest absolute Gasteiger partial charge is 0.508 e. The van der Waals surface area contributed by atoms with Crippen LogP contribution in [0.15, 0.2) is 51.7 Å². The van der Waals surface area contributed by atoms with Crippen LogP contribution in [-0.4, -0.2) is 59.5 Å². The van der Waals surface area contributed by atoms with E-state index in [0.29, 0.717) is 16.7 Å². The summed E-state index contributed by atoms with van der Waals surface area (Å²) >= 11 is 0. The second-order valence-electron chi connectivity index (χ2n) is 9.17. The van der Waals surface area contributed by atoms with Crippen molar-refractivity contribution in [3.8, 4) is 11.5 Å². The number of carbonyl (C=O) groups excluding carboxylic acids is 1. The monoisotopic (exact) mass is 497 g/mol. The molecular formula is C26H27NO9. The number of phenolic OH excluding ortho intramolecular Hbond substituents is 1. The highest BCUT2D eigenvalue weighted by Gasteiger charge is 2.52. The number of aliphatic hydroxyl groups is 2. The van der Waals surface area contributed by atoms with E-state index in [1.165, 1.54) is 25.3 Å². The summed E-state index contributed by atoms with van der Waals surface area (Å²) in [6.07, 6.45) is -5.04. The van der Waals surface area contributed by atoms with Crippen LogP contribution in [0.2, 0.25) is 0 Å². The molecule has 10 nitrogen and oxygen atoms in total. The molecule has 2 aromatic carbocycles. The molecule has 6 atom stereocenters. The molecule has 2 unspecified atom stereocenters. The number of benzene rings is 2. The molecule has 0 radical (unpaired) electrons. The second-order valence-corrected chi connectivity index (χ2v) is 9.17. The van der Waals surface area contributed by atoms with E-state index < -0.39 is 48.2 Å². The zero-order valence-corrected chi connectivity index (χ0v) is 19.7. The quantitative estimate of drug-likeness (QED) is 0.383. The lowest BCUT2D eigenvalue weighted by Gasteiger charge is -2.48. The predicted molar refractivity (Wildman–Crippen MR) is 127 cm³/mol. The lowest BCUT2D eigenvalue weighted by Crippen LogP contribution is -2.61. The number of ether oxygens (including phenoxy) is 3. The number of aryl methyl sites for hydroxylation is 1. The first-order valence-electron chi connectivity index (χ1n) is 11.6. The molecule has 4 N–H and O–H groups in total. The van der Waals surface area contributed by atoms with Gasteiger partial charge in [0.15, 0.2) is 0 Å². The summed E-state index contributed by atoms with van der Waals surface area (Å²) in [5.74, 6) is -0.591. The van der Waals surface area contributed by atoms with E-state index >= 15 is 0 Å². The van der Waals surface area contributed by atoms with Crippen LogP contribution in [0.3, 0.4) is 0 Å². The number of nitrogens with one attached hydrogen (secondary N) is 1. The number of phenols is 1. The summed E-state index contributed by atoms with van der Waals surface area (Å²) in [6, 6.07) is 11.1. The van der Waals surface area contributed by atoms with Gasteiger partial charge in [0, 0.05) is 36.7 Å². The standard InChI is InChI=1S/C26H27NO9/c1-12-3-6-17-16(7-12)25(33-2)22-24(32)23(31)19(36-26(22)35-17)11-27-20(29)8-13-9-21(30)34-18-10-14(28)4-5-15(13)18/h3-7,9-10,19,22-26,28,31-32H,8,11H2,1-2H3,(H,27,29)/t19-,22?,23+,24-,25+,26?/m1/s1. The number of fused-ring (bicyclic) bond motifs is 3. The fourth-order valence-corrected chi connectivity index (χ4v) is 4.98. The van der Waals surface area contributed by atoms with E-state index in [-0.39, 0.29) is 24.3 Å². The molecule has 190 valence electrons. The molecule has 36 heavy (non-hydrogen) atoms. The van der Waals surface area contributed by atoms with Gasteiger partial charge >= 0.3 is 5.63 Å². The van der Waals surface area contributed by atoms with Crippen molar-refractivity contribution in [2.24, 2.45) is 5.92 Å². The number of aliphatic hydroxyl groups excluding tert-OH is 2. The molecule has 5 rings (SSSR count). The van der Waals surface area contributed by atoms with E-state index in [1.54, 1.807) is 6.07 Å². The highest BCUT2D eigenvalue weighted by molar-refractivity contribution is 5.87. The van der Waals surface area contributed by atoms with Gasteiger partial charge in [-0.15, -0.1) is 0 Å². The average Bonchev–Trinajstić information content (AvgIpc) is 2.83. The molecule has 0 spiro atoms. The van der Waals surface area contributed by atoms with E-state index in [1.807, 2.05) is 25.1 Å². The van der Waals surface area contributed by atoms with E-state index in [0.717, 1.165) is 11.1 Å². The van der Waals surface area contributed by atoms with Gasteiger partial charge < -0.3 is 39.3 Å². The maximum absolute atomic E-state index is 12.7. The number of aromatic hydroxyl groups is 1. The Bertz CT molecular complexity index is 1350. The van der Waals surface area contributed by atoms with Gasteiger partial charge in [-0.1, -0.05) is 11.6 Å². The summed E-state index contributed by atoms with van der Waals surface area (Å²) in [7, 11) is 1.53. The SMILES string of the molecule is CO[C@H]1c2cc(C)ccc2OC2O[C@H](CNC(=O)Cc3cc(=O)oc4cc(O)ccc34)[C@H](O)[C@H](O)C21. The van der Waals surface area contributed by atoms with Gasteiger partial charge in [0.25, 0.3) is 0 Å². The Hall–Kier alpha value is -3.44. The Kier molecular flexibility index (Phi) is 6.44. The normalized spacial score (nSPS) is 27.1. The van der Waals surface area contributed by atoms with E-state index in [2.05, 4.69) is 5.32 Å². The van der Waals surface area contributed by atoms with Crippen LogP contribution in [-0.2, 0) is 20.7 Å². The smallest absolute Gasteiger partial charge is 0.336 e. The molecule has 0 aliphatic carbocycles. The molecule has 10 heteroatoms. The predicted octanol–water partition coefficient (Wildman–Crippen LogP) is 1.31. The number of amides is 1. The molecule has 3 heterocycles. The summed E-state index contributed by atoms with van der Waals surface area (Å²) in [5, 5.41) is 34.6. The highest BCUT2D eigenvalue weighted by Crippen LogP contribution is 2.46. The Morgan fingerprint density at radius 1 is 1.11 bits per heavy atom. The fraction of sp³-hybridized carbons (Fsp3) is 0.385. The Morgan fingerprint density at radius 3 is 2.69 bits per heavy atom. The van der Waals surface area contributed by atoms with Crippen molar-refractivity contribution in [2.45, 2.75) is 44.1 Å². The summed E-state index contributed by atoms with van der Waals surface area (Å²) < 4.78 is 22.7. The maximum Gasteiger partial charge on any atom is 0.336 e. The molecule has 2 aliphatic rings. The van der Waals surface area contributed by atoms with Crippen LogP contribution >= 0.6 is 0 Å². The first-order chi connectivity index (χ1) is 17.2. The van der Waals surface area contributed by atoms with Crippen LogP contribution in [0.25, 0.3) is 11.0 Å². The summed E-state index contributed by atoms with van der Waals surface area (Å²) in [4.78, 5) is 24.6. The van der Waals surface area contributed by atoms with Gasteiger partial charge in [-0.3, -0.25) is 4.79 Å². The van der Waals surface area contributed by atoms with Gasteiger partial charge in [0.1, 0.15) is 29.3 Å². The van der Waals surface area contributed by atoms with Gasteiger partial charge in [-0.25, -0.2) is 4.79 Å². The molecule has 1 amide bonds. The molecule has 1 saturated heterocycles. The maximum atomic E-state index is 12.7. The van der Waals surface area contributed by atoms with Crippen molar-refractivity contribution in [3.63, 3.8) is 0 Å². The van der Waals surface area contributed by atoms with Crippen LogP contribution in [0.5, 0.6) is 11.5 Å². The van der Waals surface area contributed by atoms with Crippen LogP contribution < -0.4 is 15.7 Å². The molecule has 3 aromatic rings. The summed E-state index contributed by atoms with van der Waals surface area (Å²) in [5.41, 5.74) is 1.73. The minimum Gasteiger partial charge on any atom is -0.508 e. The molecule has 0 saturated carbocycles. The topological polar surface area (TPSA) is 148 Å². The zero-order chi connectivity index (χ0) is 25.6. The molecule has 1 fully saturated rings. The Balaban J connectivity index is 1.29. The first-order valence-corrected chi connectivity index (χ1v) is 11.6. The van der Waals surface area contributed by atoms with Crippen LogP contribution in [0, 0.1) is 12.8 Å². The number of rotatable bonds is 5. The van der Waals surface area contributed by atoms with Crippen LogP contribution in [0.1, 0.15) is 22.8 Å². The zero-order valence-electron chi connectivity index (χ0n) is 19.7. The first kappa shape index (κ1) is 24.3. The van der Waals surface area contributed by atoms with Crippen molar-refractivity contribution >= 4 is 16.9 Å². The van der Waals surface area contributed by atoms with E-state index in [9.17, 15) is 24.9 Å². The van der Waals surface area contributed by atoms with Gasteiger partial charge in [-0.05, 0) is 36.8 Å². The molecule has 1 aromatic heterocycles. The van der Waals surface area contributed by atoms with Crippen molar-refractivity contribution in [1.82, 2.24) is 5.32 Å². The van der Waals surface area contributed by atoms with Crippen molar-refractivity contribution in [3.05, 3.63) is 69.6 Å². The molecule has 0 bridgehead atoms. The fourth-order valence-electron chi connectivity index (χ4n) is 4.98. The Morgan fingerprint density at radius 2 is 1.92 bits per heavy atom. The molecular weight excluding hydrogens is 470 g/mol. The van der Waals surface area contributed by atoms with Crippen LogP contribution in [0.4, 0.5) is 0 Å². The average molecular weight is 498 g/mol. The third-order valence-corrected chi connectivity index (χ3v) is 6.73. The van der Waals surface area contributed by atoms with Crippen molar-refractivity contribution in [1.29, 1.82) is 0 Å². The number of carbonyl (C=O) groups is 1. The lowest BCUT2D eigenvalue weighted by atomic mass is 9.81. The third-order valence-electron chi connectivity index (χ3n) is 6.73. The minimum absolute atomic E-state index is 0.0639. The number of methoxy groups -OCH3 is 1. The second kappa shape index (κ2) is 9.55. The van der Waals surface area contributed by atoms with Crippen molar-refractivity contribution in [2.75, 3.05) is 13.7 Å². The highest BCUT2D eigenvalue weighted by atomic mass is 16.7. The van der Waals surface area contributed by atoms with Gasteiger partial charge in [-0.2, -0.15) is 0 Å². The van der Waals surface area contributed by atoms with Crippen molar-refractivity contribution < 1.29 is 38.7 Å². The summed E-state index contributed by atoms with van der Waals surface area (Å²) in [6.45, 7) is 1.84. The number of hydrogen-bond acceptors (Lipinski definition) is 9. The number of hydrogen-bond donors (Lipinski definition) is 4. The molecule has 2 aliphatic heterocycles. The van der Waals surface area contributed by atoms with Gasteiger partial charge in [0.2, 0.25) is 12.2 Å². The van der Waals surface area contributed by atoms with E-state index in [4.69, 9.17) is 18.6 Å².